The van der Waals surface area contributed by atoms with Crippen LogP contribution < -0.4 is 15.2 Å². The highest BCUT2D eigenvalue weighted by Gasteiger charge is 2.28. The smallest absolute Gasteiger partial charge is 0.265 e. The first-order valence-electron chi connectivity index (χ1n) is 13.9. The molecule has 0 spiro atoms. The fraction of sp³-hybridized carbons (Fsp3) is 0.194. The molecule has 2 heterocycles. The first-order valence-corrected chi connectivity index (χ1v) is 18.7. The summed E-state index contributed by atoms with van der Waals surface area (Å²) < 4.78 is 67.7. The summed E-state index contributed by atoms with van der Waals surface area (Å²) in [6.45, 7) is 0.717. The number of benzene rings is 4. The predicted octanol–water partition coefficient (Wildman–Crippen LogP) is 5.80. The summed E-state index contributed by atoms with van der Waals surface area (Å²) >= 11 is 3.08. The van der Waals surface area contributed by atoms with Crippen LogP contribution >= 0.6 is 23.1 Å². The number of hydrogen-bond acceptors (Lipinski definition) is 8. The lowest BCUT2D eigenvalue weighted by atomic mass is 10.1. The van der Waals surface area contributed by atoms with Crippen LogP contribution in [0.2, 0.25) is 0 Å². The molecule has 0 radical (unpaired) electrons. The fourth-order valence-electron chi connectivity index (χ4n) is 5.54. The molecule has 0 bridgehead atoms. The third-order valence-corrected chi connectivity index (χ3v) is 11.2. The average molecular weight is 669 g/mol. The monoisotopic (exact) mass is 668 g/mol. The van der Waals surface area contributed by atoms with E-state index in [-0.39, 0.29) is 24.3 Å². The molecule has 0 saturated carbocycles. The van der Waals surface area contributed by atoms with Gasteiger partial charge in [0.2, 0.25) is 5.52 Å². The first kappa shape index (κ1) is 30.6. The highest BCUT2D eigenvalue weighted by atomic mass is 32.2. The lowest BCUT2D eigenvalue weighted by molar-refractivity contribution is -0.667. The van der Waals surface area contributed by atoms with Crippen LogP contribution in [0.3, 0.4) is 0 Å². The van der Waals surface area contributed by atoms with E-state index >= 15 is 0 Å². The van der Waals surface area contributed by atoms with E-state index in [9.17, 15) is 25.9 Å². The number of rotatable bonds is 10. The average Bonchev–Trinajstić information content (AvgIpc) is 3.49. The number of anilines is 1. The van der Waals surface area contributed by atoms with Crippen LogP contribution in [-0.2, 0) is 26.8 Å². The van der Waals surface area contributed by atoms with Crippen LogP contribution in [0.5, 0.6) is 0 Å². The molecule has 0 unspecified atom stereocenters. The summed E-state index contributed by atoms with van der Waals surface area (Å²) in [5, 5.41) is 5.82. The summed E-state index contributed by atoms with van der Waals surface area (Å²) in [6.07, 6.45) is 4.16. The van der Waals surface area contributed by atoms with Crippen LogP contribution in [0.25, 0.3) is 37.8 Å². The van der Waals surface area contributed by atoms with Gasteiger partial charge in [0, 0.05) is 35.0 Å². The van der Waals surface area contributed by atoms with E-state index < -0.39 is 20.2 Å². The van der Waals surface area contributed by atoms with Gasteiger partial charge in [-0.25, -0.2) is 0 Å². The third kappa shape index (κ3) is 6.63. The summed E-state index contributed by atoms with van der Waals surface area (Å²) in [5.41, 5.74) is 9.06. The van der Waals surface area contributed by atoms with Crippen molar-refractivity contribution < 1.29 is 30.5 Å². The summed E-state index contributed by atoms with van der Waals surface area (Å²) in [4.78, 5) is 3.07. The number of aryl methyl sites for hydroxylation is 1. The molecule has 0 atom stereocenters. The van der Waals surface area contributed by atoms with Crippen molar-refractivity contribution in [3.8, 4) is 0 Å². The number of thiazole rings is 1. The van der Waals surface area contributed by atoms with Crippen LogP contribution in [-0.4, -0.2) is 44.0 Å². The Balaban J connectivity index is 1.41. The minimum Gasteiger partial charge on any atom is -0.398 e. The minimum atomic E-state index is -4.11. The van der Waals surface area contributed by atoms with Crippen LogP contribution in [0.4, 0.5) is 5.69 Å². The second kappa shape index (κ2) is 12.1. The molecule has 5 aromatic rings. The van der Waals surface area contributed by atoms with Crippen LogP contribution in [0.15, 0.2) is 94.5 Å². The quantitative estimate of drug-likeness (QED) is 0.124. The summed E-state index contributed by atoms with van der Waals surface area (Å²) in [6, 6.07) is 24.2. The Bertz CT molecular complexity index is 2190. The molecule has 6 rings (SSSR count). The molecular formula is C31H30N3O6S4+. The van der Waals surface area contributed by atoms with Gasteiger partial charge in [0.25, 0.3) is 25.2 Å². The van der Waals surface area contributed by atoms with E-state index in [1.807, 2.05) is 82.3 Å². The minimum absolute atomic E-state index is 0.222. The maximum Gasteiger partial charge on any atom is 0.265 e. The van der Waals surface area contributed by atoms with Crippen molar-refractivity contribution in [1.29, 1.82) is 0 Å². The van der Waals surface area contributed by atoms with E-state index in [4.69, 9.17) is 5.73 Å². The van der Waals surface area contributed by atoms with Gasteiger partial charge in [-0.05, 0) is 41.5 Å². The number of hydrogen-bond donors (Lipinski definition) is 3. The Morgan fingerprint density at radius 2 is 1.48 bits per heavy atom. The maximum atomic E-state index is 11.5. The Kier molecular flexibility index (Phi) is 8.44. The SMILES string of the molecule is NC(=C\c1sc2ccc3ccccc3c2[n+]1CCCS(=O)(=O)O)/C=C1/Sc2ccc3ccccc3c2N1CCCS(=O)(=O)O. The summed E-state index contributed by atoms with van der Waals surface area (Å²) in [7, 11) is -8.22. The number of fused-ring (bicyclic) bond motifs is 6. The maximum absolute atomic E-state index is 11.5. The number of thioether (sulfide) groups is 1. The lowest BCUT2D eigenvalue weighted by Crippen LogP contribution is -2.36. The van der Waals surface area contributed by atoms with Crippen LogP contribution in [0.1, 0.15) is 17.8 Å². The highest BCUT2D eigenvalue weighted by molar-refractivity contribution is 8.03. The molecule has 4 N–H and O–H groups in total. The van der Waals surface area contributed by atoms with Crippen molar-refractivity contribution in [2.24, 2.45) is 5.73 Å². The van der Waals surface area contributed by atoms with Gasteiger partial charge in [0.1, 0.15) is 4.70 Å². The van der Waals surface area contributed by atoms with E-state index in [0.29, 0.717) is 18.8 Å². The van der Waals surface area contributed by atoms with Gasteiger partial charge in [-0.2, -0.15) is 21.4 Å². The molecule has 13 heteroatoms. The second-order valence-corrected chi connectivity index (χ2v) is 15.8. The van der Waals surface area contributed by atoms with Crippen molar-refractivity contribution in [2.45, 2.75) is 24.3 Å². The largest absolute Gasteiger partial charge is 0.398 e. The normalized spacial score (nSPS) is 15.2. The van der Waals surface area contributed by atoms with Gasteiger partial charge >= 0.3 is 0 Å². The van der Waals surface area contributed by atoms with Crippen molar-refractivity contribution in [3.05, 3.63) is 94.6 Å². The van der Waals surface area contributed by atoms with Gasteiger partial charge in [0.05, 0.1) is 27.6 Å². The second-order valence-electron chi connectivity index (χ2n) is 10.5. The Morgan fingerprint density at radius 3 is 2.20 bits per heavy atom. The molecule has 1 aliphatic heterocycles. The van der Waals surface area contributed by atoms with E-state index in [1.54, 1.807) is 23.1 Å². The molecule has 1 aromatic heterocycles. The summed E-state index contributed by atoms with van der Waals surface area (Å²) in [5.74, 6) is -0.710. The molecule has 0 aliphatic carbocycles. The lowest BCUT2D eigenvalue weighted by Gasteiger charge is -2.22. The van der Waals surface area contributed by atoms with Crippen molar-refractivity contribution in [2.75, 3.05) is 23.0 Å². The fourth-order valence-corrected chi connectivity index (χ4v) is 8.86. The highest BCUT2D eigenvalue weighted by Crippen LogP contribution is 2.49. The van der Waals surface area contributed by atoms with Gasteiger partial charge in [-0.1, -0.05) is 77.7 Å². The number of allylic oxidation sites excluding steroid dienone is 1. The Hall–Kier alpha value is -3.46. The predicted molar refractivity (Wildman–Crippen MR) is 179 cm³/mol. The third-order valence-electron chi connectivity index (χ3n) is 7.38. The topological polar surface area (TPSA) is 142 Å². The molecule has 0 amide bonds. The molecule has 4 aromatic carbocycles. The van der Waals surface area contributed by atoms with Crippen LogP contribution in [0, 0.1) is 0 Å². The van der Waals surface area contributed by atoms with Gasteiger partial charge in [-0.15, -0.1) is 0 Å². The zero-order chi connectivity index (χ0) is 31.1. The number of aromatic nitrogens is 1. The molecular weight excluding hydrogens is 639 g/mol. The van der Waals surface area contributed by atoms with E-state index in [0.717, 1.165) is 52.4 Å². The molecule has 228 valence electrons. The standard InChI is InChI=1S/C31H29N3O6S4/c32-23(19-28-33(15-5-17-43(35,36)37)30-24-9-3-1-7-21(24)11-13-26(30)41-28)20-29-34(16-6-18-44(38,39)40)31-25-10-4-2-8-22(25)12-14-27(31)42-29/h1-4,7-14,19-20,32H,5-6,15-18H2,(H2,35,36,37,38,39,40)/p+1/b28-19+. The first-order chi connectivity index (χ1) is 21.0. The molecule has 1 aliphatic rings. The molecule has 9 nitrogen and oxygen atoms in total. The molecule has 44 heavy (non-hydrogen) atoms. The van der Waals surface area contributed by atoms with Crippen molar-refractivity contribution in [3.63, 3.8) is 0 Å². The number of nitrogens with two attached hydrogens (primary N) is 1. The van der Waals surface area contributed by atoms with Gasteiger partial charge in [-0.3, -0.25) is 9.11 Å². The van der Waals surface area contributed by atoms with E-state index in [2.05, 4.69) is 12.1 Å². The van der Waals surface area contributed by atoms with Gasteiger partial charge in [0.15, 0.2) is 6.54 Å². The molecule has 0 saturated heterocycles. The Labute approximate surface area is 263 Å². The van der Waals surface area contributed by atoms with E-state index in [1.165, 1.54) is 0 Å². The van der Waals surface area contributed by atoms with Crippen molar-refractivity contribution >= 4 is 86.9 Å². The zero-order valence-corrected chi connectivity index (χ0v) is 26.7. The zero-order valence-electron chi connectivity index (χ0n) is 23.5. The number of nitrogens with zero attached hydrogens (tertiary/aromatic N) is 2. The Morgan fingerprint density at radius 1 is 0.841 bits per heavy atom. The van der Waals surface area contributed by atoms with Crippen molar-refractivity contribution in [1.82, 2.24) is 0 Å². The van der Waals surface area contributed by atoms with Gasteiger partial charge < -0.3 is 10.6 Å². The molecule has 0 fully saturated rings.